The Hall–Kier alpha value is -2.63. The van der Waals surface area contributed by atoms with Gasteiger partial charge in [0.15, 0.2) is 0 Å². The van der Waals surface area contributed by atoms with E-state index in [0.29, 0.717) is 12.1 Å². The maximum atomic E-state index is 11.5. The largest absolute Gasteiger partial charge is 0.478 e. The minimum Gasteiger partial charge on any atom is -0.478 e. The summed E-state index contributed by atoms with van der Waals surface area (Å²) in [7, 11) is 0. The van der Waals surface area contributed by atoms with Crippen LogP contribution in [0.25, 0.3) is 0 Å². The fourth-order valence-electron chi connectivity index (χ4n) is 2.47. The van der Waals surface area contributed by atoms with E-state index in [0.717, 1.165) is 10.6 Å². The van der Waals surface area contributed by atoms with Crippen LogP contribution in [0.15, 0.2) is 46.7 Å². The van der Waals surface area contributed by atoms with Gasteiger partial charge in [0.25, 0.3) is 0 Å². The van der Waals surface area contributed by atoms with Crippen LogP contribution in [0, 0.1) is 5.92 Å². The Labute approximate surface area is 122 Å². The third-order valence-corrected chi connectivity index (χ3v) is 3.51. The van der Waals surface area contributed by atoms with Crippen molar-refractivity contribution in [3.05, 3.63) is 47.2 Å². The minimum absolute atomic E-state index is 0.0775. The molecule has 2 N–H and O–H groups in total. The topological polar surface area (TPSA) is 90.2 Å². The first kappa shape index (κ1) is 14.8. The van der Waals surface area contributed by atoms with Gasteiger partial charge in [0.05, 0.1) is 11.3 Å². The molecule has 0 saturated carbocycles. The quantitative estimate of drug-likeness (QED) is 0.894. The Balaban J connectivity index is 2.42. The molecule has 0 spiro atoms. The molecule has 1 unspecified atom stereocenters. The molecule has 1 heterocycles. The number of carbonyl (C=O) groups is 2. The van der Waals surface area contributed by atoms with E-state index in [2.05, 4.69) is 5.10 Å². The molecule has 0 saturated heterocycles. The van der Waals surface area contributed by atoms with Crippen molar-refractivity contribution in [2.45, 2.75) is 20.3 Å². The van der Waals surface area contributed by atoms with Crippen LogP contribution in [0.1, 0.15) is 19.4 Å². The van der Waals surface area contributed by atoms with Crippen molar-refractivity contribution in [1.29, 1.82) is 0 Å². The van der Waals surface area contributed by atoms with Gasteiger partial charge in [-0.3, -0.25) is 0 Å². The number of amides is 1. The van der Waals surface area contributed by atoms with E-state index >= 15 is 0 Å². The first-order valence-corrected chi connectivity index (χ1v) is 6.48. The highest BCUT2D eigenvalue weighted by Crippen LogP contribution is 2.29. The third kappa shape index (κ3) is 2.94. The molecule has 21 heavy (non-hydrogen) atoms. The number of hydrazone groups is 1. The van der Waals surface area contributed by atoms with E-state index in [1.54, 1.807) is 6.92 Å². The normalized spacial score (nSPS) is 18.5. The number of hydrogen-bond donors (Lipinski definition) is 2. The highest BCUT2D eigenvalue weighted by Gasteiger charge is 2.34. The van der Waals surface area contributed by atoms with Crippen molar-refractivity contribution >= 4 is 17.8 Å². The van der Waals surface area contributed by atoms with Gasteiger partial charge in [-0.05, 0) is 25.8 Å². The van der Waals surface area contributed by atoms with Crippen LogP contribution in [0.3, 0.4) is 0 Å². The Kier molecular flexibility index (Phi) is 4.07. The lowest BCUT2D eigenvalue weighted by Gasteiger charge is -2.28. The summed E-state index contributed by atoms with van der Waals surface area (Å²) in [5.41, 5.74) is 1.67. The molecular weight excluding hydrogens is 272 g/mol. The SMILES string of the molecule is CC1=NN(C(=O)O)C(C)=C(C(=O)O)C1Cc1ccccc1. The van der Waals surface area contributed by atoms with Gasteiger partial charge in [-0.2, -0.15) is 10.1 Å². The molecule has 6 heteroatoms. The Morgan fingerprint density at radius 2 is 1.81 bits per heavy atom. The highest BCUT2D eigenvalue weighted by atomic mass is 16.4. The van der Waals surface area contributed by atoms with Crippen LogP contribution in [0.4, 0.5) is 4.79 Å². The number of allylic oxidation sites excluding steroid dienone is 1. The van der Waals surface area contributed by atoms with Crippen LogP contribution in [0.2, 0.25) is 0 Å². The molecule has 110 valence electrons. The molecule has 0 fully saturated rings. The maximum Gasteiger partial charge on any atom is 0.432 e. The summed E-state index contributed by atoms with van der Waals surface area (Å²) < 4.78 is 0. The number of aliphatic carboxylic acids is 1. The van der Waals surface area contributed by atoms with Crippen molar-refractivity contribution in [2.24, 2.45) is 11.0 Å². The summed E-state index contributed by atoms with van der Waals surface area (Å²) in [6.45, 7) is 3.12. The van der Waals surface area contributed by atoms with Gasteiger partial charge in [-0.15, -0.1) is 0 Å². The zero-order chi connectivity index (χ0) is 15.6. The van der Waals surface area contributed by atoms with Crippen LogP contribution >= 0.6 is 0 Å². The molecule has 1 aliphatic heterocycles. The second-order valence-corrected chi connectivity index (χ2v) is 4.88. The molecule has 1 atom stereocenters. The number of carboxylic acid groups (broad SMARTS) is 2. The van der Waals surface area contributed by atoms with Gasteiger partial charge in [-0.25, -0.2) is 9.59 Å². The molecule has 1 aliphatic rings. The lowest BCUT2D eigenvalue weighted by Crippen LogP contribution is -2.36. The summed E-state index contributed by atoms with van der Waals surface area (Å²) in [4.78, 5) is 22.7. The van der Waals surface area contributed by atoms with Gasteiger partial charge < -0.3 is 10.2 Å². The smallest absolute Gasteiger partial charge is 0.432 e. The molecule has 0 aromatic heterocycles. The summed E-state index contributed by atoms with van der Waals surface area (Å²) in [6, 6.07) is 9.46. The molecule has 1 amide bonds. The van der Waals surface area contributed by atoms with Crippen LogP contribution in [-0.4, -0.2) is 33.0 Å². The summed E-state index contributed by atoms with van der Waals surface area (Å²) in [5, 5.41) is 23.3. The van der Waals surface area contributed by atoms with E-state index in [4.69, 9.17) is 5.11 Å². The fraction of sp³-hybridized carbons (Fsp3) is 0.267. The number of benzene rings is 1. The monoisotopic (exact) mass is 288 g/mol. The summed E-state index contributed by atoms with van der Waals surface area (Å²) >= 11 is 0. The Morgan fingerprint density at radius 3 is 2.33 bits per heavy atom. The van der Waals surface area contributed by atoms with Crippen molar-refractivity contribution < 1.29 is 19.8 Å². The average Bonchev–Trinajstić information content (AvgIpc) is 2.43. The predicted molar refractivity (Wildman–Crippen MR) is 76.9 cm³/mol. The molecule has 0 radical (unpaired) electrons. The summed E-state index contributed by atoms with van der Waals surface area (Å²) in [6.07, 6.45) is -0.813. The Morgan fingerprint density at radius 1 is 1.19 bits per heavy atom. The van der Waals surface area contributed by atoms with E-state index in [1.807, 2.05) is 30.3 Å². The second-order valence-electron chi connectivity index (χ2n) is 4.88. The van der Waals surface area contributed by atoms with Crippen LogP contribution in [-0.2, 0) is 11.2 Å². The number of nitrogens with zero attached hydrogens (tertiary/aromatic N) is 2. The zero-order valence-electron chi connectivity index (χ0n) is 11.8. The van der Waals surface area contributed by atoms with Crippen LogP contribution < -0.4 is 0 Å². The lowest BCUT2D eigenvalue weighted by atomic mass is 9.86. The molecule has 0 aliphatic carbocycles. The van der Waals surface area contributed by atoms with Crippen LogP contribution in [0.5, 0.6) is 0 Å². The number of rotatable bonds is 3. The minimum atomic E-state index is -1.29. The van der Waals surface area contributed by atoms with Gasteiger partial charge in [0.2, 0.25) is 0 Å². The highest BCUT2D eigenvalue weighted by molar-refractivity contribution is 6.00. The third-order valence-electron chi connectivity index (χ3n) is 3.51. The van der Waals surface area contributed by atoms with Crippen molar-refractivity contribution in [3.63, 3.8) is 0 Å². The van der Waals surface area contributed by atoms with Gasteiger partial charge >= 0.3 is 12.1 Å². The van der Waals surface area contributed by atoms with Crippen molar-refractivity contribution in [2.75, 3.05) is 0 Å². The van der Waals surface area contributed by atoms with E-state index < -0.39 is 18.0 Å². The van der Waals surface area contributed by atoms with Crippen molar-refractivity contribution in [1.82, 2.24) is 5.01 Å². The molecule has 2 rings (SSSR count). The zero-order valence-corrected chi connectivity index (χ0v) is 11.8. The molecule has 1 aromatic carbocycles. The predicted octanol–water partition coefficient (Wildman–Crippen LogP) is 2.57. The first-order chi connectivity index (χ1) is 9.91. The van der Waals surface area contributed by atoms with Gasteiger partial charge in [0, 0.05) is 11.6 Å². The average molecular weight is 288 g/mol. The molecule has 1 aromatic rings. The Bertz CT molecular complexity index is 634. The lowest BCUT2D eigenvalue weighted by molar-refractivity contribution is -0.133. The van der Waals surface area contributed by atoms with E-state index in [-0.39, 0.29) is 11.3 Å². The molecule has 6 nitrogen and oxygen atoms in total. The van der Waals surface area contributed by atoms with Gasteiger partial charge in [-0.1, -0.05) is 30.3 Å². The van der Waals surface area contributed by atoms with E-state index in [1.165, 1.54) is 6.92 Å². The van der Waals surface area contributed by atoms with Gasteiger partial charge in [0.1, 0.15) is 0 Å². The molecule has 0 bridgehead atoms. The fourth-order valence-corrected chi connectivity index (χ4v) is 2.47. The standard InChI is InChI=1S/C15H16N2O4/c1-9-12(8-11-6-4-3-5-7-11)13(14(18)19)10(2)17(16-9)15(20)21/h3-7,12H,8H2,1-2H3,(H,18,19)(H,20,21). The maximum absolute atomic E-state index is 11.5. The number of carboxylic acids is 1. The number of hydrogen-bond acceptors (Lipinski definition) is 3. The first-order valence-electron chi connectivity index (χ1n) is 6.48. The second kappa shape index (κ2) is 5.78. The molecular formula is C15H16N2O4. The van der Waals surface area contributed by atoms with Crippen molar-refractivity contribution in [3.8, 4) is 0 Å². The summed E-state index contributed by atoms with van der Waals surface area (Å²) in [5.74, 6) is -1.55. The van der Waals surface area contributed by atoms with E-state index in [9.17, 15) is 14.7 Å².